The van der Waals surface area contributed by atoms with Crippen LogP contribution in [0.15, 0.2) is 18.2 Å². The third-order valence-electron chi connectivity index (χ3n) is 3.45. The molecule has 5 nitrogen and oxygen atoms in total. The van der Waals surface area contributed by atoms with Gasteiger partial charge in [0.15, 0.2) is 11.5 Å². The number of fused-ring (bicyclic) bond motifs is 1. The fourth-order valence-electron chi connectivity index (χ4n) is 2.27. The van der Waals surface area contributed by atoms with Gasteiger partial charge in [-0.05, 0) is 37.1 Å². The molecule has 2 rings (SSSR count). The lowest BCUT2D eigenvalue weighted by molar-refractivity contribution is -0.121. The maximum absolute atomic E-state index is 11.7. The summed E-state index contributed by atoms with van der Waals surface area (Å²) in [5, 5.41) is 2.94. The van der Waals surface area contributed by atoms with Crippen LogP contribution in [-0.4, -0.2) is 25.7 Å². The molecule has 0 fully saturated rings. The van der Waals surface area contributed by atoms with Crippen LogP contribution in [0.2, 0.25) is 0 Å². The Balaban J connectivity index is 1.69. The first-order chi connectivity index (χ1) is 10.3. The van der Waals surface area contributed by atoms with Gasteiger partial charge in [0.1, 0.15) is 13.2 Å². The summed E-state index contributed by atoms with van der Waals surface area (Å²) >= 11 is 0. The van der Waals surface area contributed by atoms with E-state index in [2.05, 4.69) is 5.32 Å². The number of nitrogens with one attached hydrogen (secondary N) is 1. The van der Waals surface area contributed by atoms with Crippen molar-refractivity contribution in [2.24, 2.45) is 5.73 Å². The van der Waals surface area contributed by atoms with Crippen LogP contribution < -0.4 is 20.5 Å². The van der Waals surface area contributed by atoms with E-state index in [-0.39, 0.29) is 5.91 Å². The molecule has 0 atom stereocenters. The van der Waals surface area contributed by atoms with E-state index in [1.54, 1.807) is 0 Å². The third kappa shape index (κ3) is 5.27. The number of carbonyl (C=O) groups is 1. The minimum absolute atomic E-state index is 0.0950. The van der Waals surface area contributed by atoms with Crippen LogP contribution in [0, 0.1) is 0 Å². The number of hydrogen-bond donors (Lipinski definition) is 2. The summed E-state index contributed by atoms with van der Waals surface area (Å²) in [6, 6.07) is 5.77. The highest BCUT2D eigenvalue weighted by Crippen LogP contribution is 2.30. The second-order valence-electron chi connectivity index (χ2n) is 5.21. The van der Waals surface area contributed by atoms with Gasteiger partial charge >= 0.3 is 0 Å². The SMILES string of the molecule is NCCCCCCC(=O)NCc1ccc2c(c1)OCCO2. The van der Waals surface area contributed by atoms with Gasteiger partial charge in [-0.1, -0.05) is 18.9 Å². The van der Waals surface area contributed by atoms with Gasteiger partial charge in [-0.3, -0.25) is 4.79 Å². The van der Waals surface area contributed by atoms with Gasteiger partial charge in [-0.2, -0.15) is 0 Å². The molecule has 0 unspecified atom stereocenters. The van der Waals surface area contributed by atoms with Crippen LogP contribution in [0.1, 0.15) is 37.7 Å². The molecule has 0 spiro atoms. The predicted molar refractivity (Wildman–Crippen MR) is 81.4 cm³/mol. The highest BCUT2D eigenvalue weighted by atomic mass is 16.6. The molecule has 1 aromatic rings. The van der Waals surface area contributed by atoms with Gasteiger partial charge in [0.2, 0.25) is 5.91 Å². The van der Waals surface area contributed by atoms with Gasteiger partial charge in [0.05, 0.1) is 0 Å². The molecule has 1 aliphatic heterocycles. The number of amides is 1. The van der Waals surface area contributed by atoms with Crippen LogP contribution in [-0.2, 0) is 11.3 Å². The van der Waals surface area contributed by atoms with Crippen molar-refractivity contribution in [2.45, 2.75) is 38.6 Å². The Morgan fingerprint density at radius 1 is 1.10 bits per heavy atom. The summed E-state index contributed by atoms with van der Waals surface area (Å²) in [7, 11) is 0. The van der Waals surface area contributed by atoms with E-state index in [0.717, 1.165) is 49.3 Å². The molecule has 1 aliphatic rings. The standard InChI is InChI=1S/C16H24N2O3/c17-8-4-2-1-3-5-16(19)18-12-13-6-7-14-15(11-13)21-10-9-20-14/h6-7,11H,1-5,8-10,12,17H2,(H,18,19). The number of rotatable bonds is 8. The van der Waals surface area contributed by atoms with Gasteiger partial charge in [0, 0.05) is 13.0 Å². The van der Waals surface area contributed by atoms with Crippen LogP contribution >= 0.6 is 0 Å². The molecule has 0 aliphatic carbocycles. The molecule has 1 aromatic carbocycles. The van der Waals surface area contributed by atoms with Crippen molar-refractivity contribution in [1.82, 2.24) is 5.32 Å². The van der Waals surface area contributed by atoms with Crippen LogP contribution in [0.4, 0.5) is 0 Å². The predicted octanol–water partition coefficient (Wildman–Crippen LogP) is 1.98. The Morgan fingerprint density at radius 3 is 2.67 bits per heavy atom. The lowest BCUT2D eigenvalue weighted by atomic mass is 10.1. The summed E-state index contributed by atoms with van der Waals surface area (Å²) in [4.78, 5) is 11.7. The van der Waals surface area contributed by atoms with E-state index in [1.807, 2.05) is 18.2 Å². The van der Waals surface area contributed by atoms with E-state index in [9.17, 15) is 4.79 Å². The first-order valence-electron chi connectivity index (χ1n) is 7.65. The molecule has 21 heavy (non-hydrogen) atoms. The molecular formula is C16H24N2O3. The zero-order chi connectivity index (χ0) is 14.9. The number of ether oxygens (including phenoxy) is 2. The summed E-state index contributed by atoms with van der Waals surface area (Å²) in [5.41, 5.74) is 6.46. The van der Waals surface area contributed by atoms with E-state index in [4.69, 9.17) is 15.2 Å². The lowest BCUT2D eigenvalue weighted by Gasteiger charge is -2.19. The maximum Gasteiger partial charge on any atom is 0.220 e. The fraction of sp³-hybridized carbons (Fsp3) is 0.562. The molecule has 0 radical (unpaired) electrons. The average Bonchev–Trinajstić information content (AvgIpc) is 2.52. The summed E-state index contributed by atoms with van der Waals surface area (Å²) in [6.45, 7) is 2.42. The largest absolute Gasteiger partial charge is 0.486 e. The molecule has 1 heterocycles. The molecule has 0 saturated heterocycles. The monoisotopic (exact) mass is 292 g/mol. The molecule has 5 heteroatoms. The Kier molecular flexibility index (Phi) is 6.34. The van der Waals surface area contributed by atoms with Gasteiger partial charge in [-0.15, -0.1) is 0 Å². The number of hydrogen-bond acceptors (Lipinski definition) is 4. The number of nitrogens with two attached hydrogens (primary N) is 1. The highest BCUT2D eigenvalue weighted by Gasteiger charge is 2.11. The van der Waals surface area contributed by atoms with Crippen molar-refractivity contribution in [3.05, 3.63) is 23.8 Å². The number of unbranched alkanes of at least 4 members (excludes halogenated alkanes) is 3. The Labute approximate surface area is 125 Å². The van der Waals surface area contributed by atoms with Gasteiger partial charge in [-0.25, -0.2) is 0 Å². The normalized spacial score (nSPS) is 13.0. The summed E-state index contributed by atoms with van der Waals surface area (Å²) in [5.74, 6) is 1.63. The zero-order valence-electron chi connectivity index (χ0n) is 12.4. The van der Waals surface area contributed by atoms with Crippen LogP contribution in [0.3, 0.4) is 0 Å². The summed E-state index contributed by atoms with van der Waals surface area (Å²) in [6.07, 6.45) is 4.71. The van der Waals surface area contributed by atoms with Gasteiger partial charge < -0.3 is 20.5 Å². The summed E-state index contributed by atoms with van der Waals surface area (Å²) < 4.78 is 11.0. The fourth-order valence-corrected chi connectivity index (χ4v) is 2.27. The smallest absolute Gasteiger partial charge is 0.220 e. The van der Waals surface area contributed by atoms with Crippen molar-refractivity contribution in [3.63, 3.8) is 0 Å². The van der Waals surface area contributed by atoms with Crippen molar-refractivity contribution >= 4 is 5.91 Å². The molecule has 0 saturated carbocycles. The van der Waals surface area contributed by atoms with E-state index < -0.39 is 0 Å². The molecule has 3 N–H and O–H groups in total. The average molecular weight is 292 g/mol. The van der Waals surface area contributed by atoms with Gasteiger partial charge in [0.25, 0.3) is 0 Å². The van der Waals surface area contributed by atoms with Crippen molar-refractivity contribution in [2.75, 3.05) is 19.8 Å². The van der Waals surface area contributed by atoms with E-state index in [1.165, 1.54) is 0 Å². The van der Waals surface area contributed by atoms with E-state index >= 15 is 0 Å². The number of benzene rings is 1. The Bertz CT molecular complexity index is 463. The topological polar surface area (TPSA) is 73.6 Å². The van der Waals surface area contributed by atoms with Crippen molar-refractivity contribution in [1.29, 1.82) is 0 Å². The number of carbonyl (C=O) groups excluding carboxylic acids is 1. The van der Waals surface area contributed by atoms with Crippen LogP contribution in [0.25, 0.3) is 0 Å². The second kappa shape index (κ2) is 8.52. The first kappa shape index (κ1) is 15.6. The first-order valence-corrected chi connectivity index (χ1v) is 7.65. The van der Waals surface area contributed by atoms with E-state index in [0.29, 0.717) is 26.2 Å². The molecule has 0 bridgehead atoms. The second-order valence-corrected chi connectivity index (χ2v) is 5.21. The minimum atomic E-state index is 0.0950. The minimum Gasteiger partial charge on any atom is -0.486 e. The molecular weight excluding hydrogens is 268 g/mol. The third-order valence-corrected chi connectivity index (χ3v) is 3.45. The Morgan fingerprint density at radius 2 is 1.86 bits per heavy atom. The quantitative estimate of drug-likeness (QED) is 0.719. The molecule has 1 amide bonds. The Hall–Kier alpha value is -1.75. The van der Waals surface area contributed by atoms with Crippen molar-refractivity contribution in [3.8, 4) is 11.5 Å². The lowest BCUT2D eigenvalue weighted by Crippen LogP contribution is -2.22. The van der Waals surface area contributed by atoms with Crippen LogP contribution in [0.5, 0.6) is 11.5 Å². The molecule has 116 valence electrons. The highest BCUT2D eigenvalue weighted by molar-refractivity contribution is 5.75. The van der Waals surface area contributed by atoms with Crippen molar-refractivity contribution < 1.29 is 14.3 Å². The zero-order valence-corrected chi connectivity index (χ0v) is 12.4. The maximum atomic E-state index is 11.7. The molecule has 0 aromatic heterocycles.